The van der Waals surface area contributed by atoms with Crippen molar-refractivity contribution >= 4 is 47.6 Å². The highest BCUT2D eigenvalue weighted by Gasteiger charge is 2.54. The van der Waals surface area contributed by atoms with Gasteiger partial charge >= 0.3 is 41.8 Å². The average Bonchev–Trinajstić information content (AvgIpc) is 3.60. The SMILES string of the molecule is CO[C@H]1O[C@H](COCCCn2cc(CCO[C@H]3O[C@H](COC(C)=O)[C@@H](OC(C)=O)[C@H](OC(C)=O)[C@@H]3OC(C)=O)nn2)[C@@H](OC(=O)CCC(C)=O)[C@H](OC(C)=O)[C@H]1OC(C)=O. The van der Waals surface area contributed by atoms with Gasteiger partial charge in [-0.1, -0.05) is 5.21 Å². The van der Waals surface area contributed by atoms with Crippen LogP contribution in [-0.2, 0) is 108 Å². The van der Waals surface area contributed by atoms with Gasteiger partial charge in [-0.2, -0.15) is 0 Å². The van der Waals surface area contributed by atoms with Crippen LogP contribution in [0.3, 0.4) is 0 Å². The lowest BCUT2D eigenvalue weighted by Crippen LogP contribution is -2.63. The summed E-state index contributed by atoms with van der Waals surface area (Å²) in [6, 6.07) is 0. The van der Waals surface area contributed by atoms with E-state index in [0.717, 1.165) is 41.5 Å². The number of aromatic nitrogens is 3. The lowest BCUT2D eigenvalue weighted by atomic mass is 9.98. The summed E-state index contributed by atoms with van der Waals surface area (Å²) in [5, 5.41) is 8.25. The number of esters is 7. The third-order valence-corrected chi connectivity index (χ3v) is 8.51. The predicted octanol–water partition coefficient (Wildman–Crippen LogP) is -0.157. The van der Waals surface area contributed by atoms with E-state index in [4.69, 9.17) is 56.8 Å². The van der Waals surface area contributed by atoms with Crippen molar-refractivity contribution in [2.75, 3.05) is 33.5 Å². The van der Waals surface area contributed by atoms with Crippen molar-refractivity contribution < 1.29 is 95.2 Å². The highest BCUT2D eigenvalue weighted by molar-refractivity contribution is 5.81. The highest BCUT2D eigenvalue weighted by Crippen LogP contribution is 2.31. The minimum absolute atomic E-state index is 0.0630. The zero-order chi connectivity index (χ0) is 44.5. The van der Waals surface area contributed by atoms with E-state index in [0.29, 0.717) is 18.7 Å². The van der Waals surface area contributed by atoms with E-state index in [2.05, 4.69) is 10.3 Å². The Labute approximate surface area is 345 Å². The van der Waals surface area contributed by atoms with Crippen LogP contribution in [0.4, 0.5) is 0 Å². The number of carbonyl (C=O) groups excluding carboxylic acids is 8. The van der Waals surface area contributed by atoms with Crippen molar-refractivity contribution in [1.82, 2.24) is 15.0 Å². The van der Waals surface area contributed by atoms with Gasteiger partial charge in [0.15, 0.2) is 49.2 Å². The smallest absolute Gasteiger partial charge is 0.306 e. The largest absolute Gasteiger partial charge is 0.463 e. The Hall–Kier alpha value is -5.10. The molecule has 3 rings (SSSR count). The minimum Gasteiger partial charge on any atom is -0.463 e. The first-order chi connectivity index (χ1) is 28.4. The summed E-state index contributed by atoms with van der Waals surface area (Å²) in [5.74, 6) is -5.46. The van der Waals surface area contributed by atoms with Gasteiger partial charge in [0.05, 0.1) is 25.3 Å². The van der Waals surface area contributed by atoms with E-state index in [1.807, 2.05) is 0 Å². The molecule has 2 aliphatic rings. The summed E-state index contributed by atoms with van der Waals surface area (Å²) < 4.78 is 68.3. The van der Waals surface area contributed by atoms with Crippen molar-refractivity contribution in [2.24, 2.45) is 0 Å². The molecular weight excluding hydrogens is 806 g/mol. The Bertz CT molecular complexity index is 1650. The Morgan fingerprint density at radius 2 is 1.13 bits per heavy atom. The fraction of sp³-hybridized carbons (Fsp3) is 0.730. The Morgan fingerprint density at radius 1 is 0.617 bits per heavy atom. The molecule has 23 nitrogen and oxygen atoms in total. The number of nitrogens with zero attached hydrogens (tertiary/aromatic N) is 3. The first-order valence-electron chi connectivity index (χ1n) is 19.0. The second-order valence-electron chi connectivity index (χ2n) is 13.7. The van der Waals surface area contributed by atoms with E-state index in [9.17, 15) is 38.4 Å². The van der Waals surface area contributed by atoms with Crippen LogP contribution >= 0.6 is 0 Å². The number of carbonyl (C=O) groups is 8. The van der Waals surface area contributed by atoms with Crippen LogP contribution in [0.25, 0.3) is 0 Å². The third kappa shape index (κ3) is 16.2. The van der Waals surface area contributed by atoms with Gasteiger partial charge in [0.2, 0.25) is 0 Å². The van der Waals surface area contributed by atoms with Crippen molar-refractivity contribution in [3.63, 3.8) is 0 Å². The average molecular weight is 860 g/mol. The fourth-order valence-electron chi connectivity index (χ4n) is 6.17. The van der Waals surface area contributed by atoms with Crippen LogP contribution in [0.2, 0.25) is 0 Å². The number of methoxy groups -OCH3 is 1. The van der Waals surface area contributed by atoms with Crippen LogP contribution in [0.5, 0.6) is 0 Å². The second kappa shape index (κ2) is 24.2. The van der Waals surface area contributed by atoms with Gasteiger partial charge in [0.1, 0.15) is 24.6 Å². The number of ketones is 1. The van der Waals surface area contributed by atoms with Gasteiger partial charge in [-0.15, -0.1) is 5.10 Å². The summed E-state index contributed by atoms with van der Waals surface area (Å²) in [4.78, 5) is 95.9. The predicted molar refractivity (Wildman–Crippen MR) is 194 cm³/mol. The topological polar surface area (TPSA) is 278 Å². The van der Waals surface area contributed by atoms with Crippen LogP contribution < -0.4 is 0 Å². The van der Waals surface area contributed by atoms with E-state index < -0.39 is 110 Å². The van der Waals surface area contributed by atoms with Gasteiger partial charge in [-0.3, -0.25) is 38.2 Å². The second-order valence-corrected chi connectivity index (χ2v) is 13.7. The Kier molecular flexibility index (Phi) is 19.9. The summed E-state index contributed by atoms with van der Waals surface area (Å²) >= 11 is 0. The molecule has 60 heavy (non-hydrogen) atoms. The molecule has 0 unspecified atom stereocenters. The van der Waals surface area contributed by atoms with E-state index >= 15 is 0 Å². The normalized spacial score (nSPS) is 26.2. The van der Waals surface area contributed by atoms with Crippen LogP contribution in [0.1, 0.15) is 73.4 Å². The van der Waals surface area contributed by atoms with Crippen LogP contribution in [0, 0.1) is 0 Å². The maximum atomic E-state index is 12.7. The first-order valence-corrected chi connectivity index (χ1v) is 19.0. The number of Topliss-reactive ketones (excluding diaryl/α,β-unsaturated/α-hetero) is 1. The van der Waals surface area contributed by atoms with Gasteiger partial charge in [-0.25, -0.2) is 0 Å². The molecule has 0 aromatic carbocycles. The molecule has 1 aromatic rings. The molecule has 10 atom stereocenters. The molecule has 0 spiro atoms. The molecule has 23 heteroatoms. The third-order valence-electron chi connectivity index (χ3n) is 8.51. The Morgan fingerprint density at radius 3 is 1.68 bits per heavy atom. The van der Waals surface area contributed by atoms with Crippen molar-refractivity contribution in [3.8, 4) is 0 Å². The zero-order valence-corrected chi connectivity index (χ0v) is 34.7. The summed E-state index contributed by atoms with van der Waals surface area (Å²) in [5.41, 5.74) is 0.496. The van der Waals surface area contributed by atoms with Gasteiger partial charge in [0.25, 0.3) is 0 Å². The van der Waals surface area contributed by atoms with E-state index in [1.165, 1.54) is 14.0 Å². The lowest BCUT2D eigenvalue weighted by Gasteiger charge is -2.44. The van der Waals surface area contributed by atoms with Crippen LogP contribution in [-0.4, -0.2) is 158 Å². The molecule has 0 aliphatic carbocycles. The quantitative estimate of drug-likeness (QED) is 0.0832. The molecule has 336 valence electrons. The molecule has 0 amide bonds. The molecule has 2 fully saturated rings. The minimum atomic E-state index is -1.38. The molecule has 0 N–H and O–H groups in total. The standard InChI is InChI=1S/C37H53N3O20/c1-19(41)10-11-29(48)60-31-27(58-36(49-8)34(56-24(6)46)33(31)55-23(5)45)17-50-14-9-13-40-16-26(38-39-40)12-15-51-37-35(57-25(7)47)32(54-22(4)44)30(53-21(3)43)28(59-37)18-52-20(2)42/h16,27-28,30-37H,9-15,17-18H2,1-8H3/t27-,28-,30-,31-,32+,33+,34-,35+,36+,37+/m1/s1. The van der Waals surface area contributed by atoms with Gasteiger partial charge in [-0.05, 0) is 13.3 Å². The number of hydrogen-bond donors (Lipinski definition) is 0. The molecule has 0 radical (unpaired) electrons. The molecule has 2 saturated heterocycles. The summed E-state index contributed by atoms with van der Waals surface area (Å²) in [7, 11) is 1.29. The van der Waals surface area contributed by atoms with E-state index in [1.54, 1.807) is 10.9 Å². The number of hydrogen-bond acceptors (Lipinski definition) is 22. The van der Waals surface area contributed by atoms with E-state index in [-0.39, 0.29) is 44.9 Å². The molecule has 0 bridgehead atoms. The fourth-order valence-corrected chi connectivity index (χ4v) is 6.17. The van der Waals surface area contributed by atoms with Crippen molar-refractivity contribution in [1.29, 1.82) is 0 Å². The summed E-state index contributed by atoms with van der Waals surface area (Å²) in [6.45, 7) is 7.95. The van der Waals surface area contributed by atoms with Crippen molar-refractivity contribution in [2.45, 2.75) is 142 Å². The number of aryl methyl sites for hydroxylation is 1. The molecular formula is C37H53N3O20. The zero-order valence-electron chi connectivity index (χ0n) is 34.7. The first kappa shape index (κ1) is 49.3. The van der Waals surface area contributed by atoms with Crippen LogP contribution in [0.15, 0.2) is 6.20 Å². The lowest BCUT2D eigenvalue weighted by molar-refractivity contribution is -0.307. The molecule has 0 saturated carbocycles. The highest BCUT2D eigenvalue weighted by atomic mass is 16.7. The Balaban J connectivity index is 1.62. The molecule has 3 heterocycles. The summed E-state index contributed by atoms with van der Waals surface area (Å²) in [6.07, 6.45) is -10.9. The maximum Gasteiger partial charge on any atom is 0.306 e. The van der Waals surface area contributed by atoms with Gasteiger partial charge < -0.3 is 61.6 Å². The maximum absolute atomic E-state index is 12.7. The van der Waals surface area contributed by atoms with Gasteiger partial charge in [0, 0.05) is 80.8 Å². The number of ether oxygens (including phenoxy) is 12. The van der Waals surface area contributed by atoms with Crippen molar-refractivity contribution in [3.05, 3.63) is 11.9 Å². The number of rotatable bonds is 22. The molecule has 1 aromatic heterocycles. The monoisotopic (exact) mass is 859 g/mol. The molecule has 2 aliphatic heterocycles.